The molecule has 0 spiro atoms. The molecule has 1 rings (SSSR count). The van der Waals surface area contributed by atoms with Gasteiger partial charge in [0, 0.05) is 19.8 Å². The van der Waals surface area contributed by atoms with E-state index in [-0.39, 0.29) is 0 Å². The Morgan fingerprint density at radius 1 is 1.36 bits per heavy atom. The first-order chi connectivity index (χ1) is 6.42. The molecule has 4 nitrogen and oxygen atoms in total. The highest BCUT2D eigenvalue weighted by atomic mass is 32.2. The van der Waals surface area contributed by atoms with Crippen molar-refractivity contribution in [2.45, 2.75) is 0 Å². The van der Waals surface area contributed by atoms with Crippen LogP contribution in [0.3, 0.4) is 0 Å². The summed E-state index contributed by atoms with van der Waals surface area (Å²) in [6.45, 7) is 0. The average molecular weight is 210 g/mol. The van der Waals surface area contributed by atoms with Crippen molar-refractivity contribution in [3.05, 3.63) is 24.3 Å². The van der Waals surface area contributed by atoms with Crippen LogP contribution in [0.1, 0.15) is 0 Å². The second-order valence-electron chi connectivity index (χ2n) is 3.01. The van der Waals surface area contributed by atoms with E-state index < -0.39 is 10.2 Å². The van der Waals surface area contributed by atoms with Gasteiger partial charge in [0.05, 0.1) is 0 Å². The van der Waals surface area contributed by atoms with Crippen LogP contribution in [-0.4, -0.2) is 34.7 Å². The number of nitrogens with zero attached hydrogens (tertiary/aromatic N) is 1. The lowest BCUT2D eigenvalue weighted by atomic mass is 9.96. The van der Waals surface area contributed by atoms with Crippen molar-refractivity contribution in [1.29, 1.82) is 0 Å². The van der Waals surface area contributed by atoms with E-state index in [2.05, 4.69) is 4.72 Å². The van der Waals surface area contributed by atoms with Gasteiger partial charge in [-0.3, -0.25) is 4.72 Å². The Bertz CT molecular complexity index is 417. The van der Waals surface area contributed by atoms with Crippen molar-refractivity contribution in [1.82, 2.24) is 4.31 Å². The minimum atomic E-state index is -3.44. The molecule has 0 unspecified atom stereocenters. The maximum Gasteiger partial charge on any atom is 0.301 e. The third kappa shape index (κ3) is 2.75. The van der Waals surface area contributed by atoms with Gasteiger partial charge in [-0.05, 0) is 12.1 Å². The fraction of sp³-hybridized carbons (Fsp3) is 0.250. The molecule has 0 saturated heterocycles. The van der Waals surface area contributed by atoms with Crippen LogP contribution in [-0.2, 0) is 10.2 Å². The third-order valence-electron chi connectivity index (χ3n) is 1.61. The zero-order valence-electron chi connectivity index (χ0n) is 8.06. The van der Waals surface area contributed by atoms with Gasteiger partial charge < -0.3 is 0 Å². The number of hydrogen-bond acceptors (Lipinski definition) is 2. The molecule has 0 saturated carbocycles. The number of benzene rings is 1. The summed E-state index contributed by atoms with van der Waals surface area (Å²) in [6.07, 6.45) is 0. The van der Waals surface area contributed by atoms with Crippen LogP contribution < -0.4 is 10.2 Å². The molecule has 0 aromatic heterocycles. The van der Waals surface area contributed by atoms with Crippen LogP contribution in [0, 0.1) is 0 Å². The van der Waals surface area contributed by atoms with E-state index in [9.17, 15) is 8.42 Å². The first-order valence-electron chi connectivity index (χ1n) is 3.97. The Morgan fingerprint density at radius 3 is 2.50 bits per heavy atom. The van der Waals surface area contributed by atoms with Crippen molar-refractivity contribution in [3.8, 4) is 0 Å². The van der Waals surface area contributed by atoms with Crippen molar-refractivity contribution in [2.24, 2.45) is 0 Å². The highest BCUT2D eigenvalue weighted by Gasteiger charge is 2.12. The van der Waals surface area contributed by atoms with Crippen LogP contribution in [0.4, 0.5) is 5.69 Å². The van der Waals surface area contributed by atoms with Gasteiger partial charge in [-0.2, -0.15) is 12.7 Å². The van der Waals surface area contributed by atoms with Crippen LogP contribution >= 0.6 is 0 Å². The molecule has 0 aliphatic heterocycles. The topological polar surface area (TPSA) is 49.4 Å². The van der Waals surface area contributed by atoms with E-state index in [1.807, 2.05) is 0 Å². The Balaban J connectivity index is 2.90. The number of hydrogen-bond donors (Lipinski definition) is 1. The van der Waals surface area contributed by atoms with Crippen molar-refractivity contribution < 1.29 is 8.42 Å². The van der Waals surface area contributed by atoms with E-state index in [1.54, 1.807) is 24.3 Å². The SMILES string of the molecule is [B]c1cccc(NS(=O)(=O)N(C)C)c1. The van der Waals surface area contributed by atoms with Crippen LogP contribution in [0.5, 0.6) is 0 Å². The molecule has 0 amide bonds. The van der Waals surface area contributed by atoms with E-state index in [0.29, 0.717) is 11.2 Å². The van der Waals surface area contributed by atoms with E-state index in [4.69, 9.17) is 7.85 Å². The molecule has 6 heteroatoms. The third-order valence-corrected chi connectivity index (χ3v) is 3.07. The quantitative estimate of drug-likeness (QED) is 0.696. The lowest BCUT2D eigenvalue weighted by molar-refractivity contribution is 0.527. The predicted octanol–water partition coefficient (Wildman–Crippen LogP) is -0.301. The molecule has 0 bridgehead atoms. The van der Waals surface area contributed by atoms with Gasteiger partial charge >= 0.3 is 10.2 Å². The predicted molar refractivity (Wildman–Crippen MR) is 58.1 cm³/mol. The molecular weight excluding hydrogens is 199 g/mol. The van der Waals surface area contributed by atoms with Crippen LogP contribution in [0.2, 0.25) is 0 Å². The zero-order valence-corrected chi connectivity index (χ0v) is 8.88. The Kier molecular flexibility index (Phi) is 3.18. The standard InChI is InChI=1S/C8H11BN2O2S/c1-11(2)14(12,13)10-8-5-3-4-7(9)6-8/h3-6,10H,1-2H3. The molecule has 14 heavy (non-hydrogen) atoms. The van der Waals surface area contributed by atoms with Gasteiger partial charge in [-0.25, -0.2) is 0 Å². The fourth-order valence-electron chi connectivity index (χ4n) is 0.842. The molecular formula is C8H11BN2O2S. The van der Waals surface area contributed by atoms with E-state index in [1.165, 1.54) is 14.1 Å². The minimum Gasteiger partial charge on any atom is -0.271 e. The molecule has 1 aromatic carbocycles. The smallest absolute Gasteiger partial charge is 0.271 e. The zero-order chi connectivity index (χ0) is 10.8. The number of anilines is 1. The van der Waals surface area contributed by atoms with Gasteiger partial charge in [0.15, 0.2) is 0 Å². The second-order valence-corrected chi connectivity index (χ2v) is 4.90. The normalized spacial score (nSPS) is 11.6. The van der Waals surface area contributed by atoms with Gasteiger partial charge in [0.25, 0.3) is 0 Å². The first kappa shape index (κ1) is 11.1. The molecule has 0 fully saturated rings. The summed E-state index contributed by atoms with van der Waals surface area (Å²) < 4.78 is 26.2. The summed E-state index contributed by atoms with van der Waals surface area (Å²) >= 11 is 0. The molecule has 1 aromatic rings. The summed E-state index contributed by atoms with van der Waals surface area (Å²) in [5.74, 6) is 0. The molecule has 0 aliphatic carbocycles. The van der Waals surface area contributed by atoms with Gasteiger partial charge in [-0.15, -0.1) is 0 Å². The molecule has 0 heterocycles. The van der Waals surface area contributed by atoms with Gasteiger partial charge in [-0.1, -0.05) is 17.6 Å². The molecule has 0 atom stereocenters. The van der Waals surface area contributed by atoms with Crippen molar-refractivity contribution in [2.75, 3.05) is 18.8 Å². The summed E-state index contributed by atoms with van der Waals surface area (Å²) in [6, 6.07) is 6.56. The summed E-state index contributed by atoms with van der Waals surface area (Å²) in [7, 11) is 4.97. The van der Waals surface area contributed by atoms with Crippen LogP contribution in [0.25, 0.3) is 0 Å². The number of rotatable bonds is 3. The fourth-order valence-corrected chi connectivity index (χ4v) is 1.45. The second kappa shape index (κ2) is 4.02. The monoisotopic (exact) mass is 210 g/mol. The lowest BCUT2D eigenvalue weighted by Crippen LogP contribution is -2.29. The molecule has 1 N–H and O–H groups in total. The highest BCUT2D eigenvalue weighted by molar-refractivity contribution is 7.90. The molecule has 0 aliphatic rings. The Labute approximate surface area is 85.5 Å². The van der Waals surface area contributed by atoms with Crippen molar-refractivity contribution >= 4 is 29.2 Å². The number of nitrogens with one attached hydrogen (secondary N) is 1. The van der Waals surface area contributed by atoms with Crippen LogP contribution in [0.15, 0.2) is 24.3 Å². The van der Waals surface area contributed by atoms with E-state index in [0.717, 1.165) is 4.31 Å². The van der Waals surface area contributed by atoms with Crippen molar-refractivity contribution in [3.63, 3.8) is 0 Å². The average Bonchev–Trinajstić information content (AvgIpc) is 2.02. The summed E-state index contributed by atoms with van der Waals surface area (Å²) in [5, 5.41) is 0. The Morgan fingerprint density at radius 2 is 2.00 bits per heavy atom. The van der Waals surface area contributed by atoms with E-state index >= 15 is 0 Å². The minimum absolute atomic E-state index is 0.457. The highest BCUT2D eigenvalue weighted by Crippen LogP contribution is 2.07. The lowest BCUT2D eigenvalue weighted by Gasteiger charge is -2.13. The molecule has 74 valence electrons. The van der Waals surface area contributed by atoms with Gasteiger partial charge in [0.1, 0.15) is 7.85 Å². The Hall–Kier alpha value is -1.01. The summed E-state index contributed by atoms with van der Waals surface area (Å²) in [5.41, 5.74) is 0.975. The maximum absolute atomic E-state index is 11.4. The maximum atomic E-state index is 11.4. The molecule has 2 radical (unpaired) electrons. The van der Waals surface area contributed by atoms with Gasteiger partial charge in [0.2, 0.25) is 0 Å². The largest absolute Gasteiger partial charge is 0.301 e. The summed E-state index contributed by atoms with van der Waals surface area (Å²) in [4.78, 5) is 0. The first-order valence-corrected chi connectivity index (χ1v) is 5.41.